The largest absolute Gasteiger partial charge is 0.459 e. The third-order valence-electron chi connectivity index (χ3n) is 5.05. The number of nitrogens with one attached hydrogen (secondary N) is 1. The molecule has 0 fully saturated rings. The quantitative estimate of drug-likeness (QED) is 0.551. The monoisotopic (exact) mass is 395 g/mol. The maximum atomic E-state index is 12.5. The van der Waals surface area contributed by atoms with Crippen LogP contribution in [0.4, 0.5) is 0 Å². The Hall–Kier alpha value is -3.62. The summed E-state index contributed by atoms with van der Waals surface area (Å²) < 4.78 is 9.73. The van der Waals surface area contributed by atoms with E-state index in [1.54, 1.807) is 11.6 Å². The summed E-state index contributed by atoms with van der Waals surface area (Å²) in [7, 11) is 2.98. The van der Waals surface area contributed by atoms with E-state index in [9.17, 15) is 14.4 Å². The van der Waals surface area contributed by atoms with E-state index in [2.05, 4.69) is 10.3 Å². The number of carbonyl (C=O) groups is 1. The molecule has 0 unspecified atom stereocenters. The molecule has 9 nitrogen and oxygen atoms in total. The number of fused-ring (bicyclic) bond motifs is 2. The molecule has 3 heterocycles. The van der Waals surface area contributed by atoms with E-state index < -0.39 is 11.2 Å². The van der Waals surface area contributed by atoms with Gasteiger partial charge in [-0.05, 0) is 19.1 Å². The zero-order valence-electron chi connectivity index (χ0n) is 16.4. The Kier molecular flexibility index (Phi) is 4.57. The lowest BCUT2D eigenvalue weighted by atomic mass is 10.2. The molecule has 29 heavy (non-hydrogen) atoms. The van der Waals surface area contributed by atoms with Crippen molar-refractivity contribution < 1.29 is 9.21 Å². The summed E-state index contributed by atoms with van der Waals surface area (Å²) in [5, 5.41) is 3.89. The SMILES string of the molecule is C[C@@H](NC(=O)CCn1cnc2c1c(=O)n(C)c(=O)n2C)c1cc2ccccc2o1. The molecule has 0 spiro atoms. The van der Waals surface area contributed by atoms with Gasteiger partial charge in [0.05, 0.1) is 12.4 Å². The van der Waals surface area contributed by atoms with Gasteiger partial charge in [0.15, 0.2) is 11.2 Å². The fourth-order valence-electron chi connectivity index (χ4n) is 3.39. The number of carbonyl (C=O) groups excluding carboxylic acids is 1. The average Bonchev–Trinajstić information content (AvgIpc) is 3.33. The topological polar surface area (TPSA) is 104 Å². The lowest BCUT2D eigenvalue weighted by molar-refractivity contribution is -0.122. The second kappa shape index (κ2) is 7.08. The van der Waals surface area contributed by atoms with Crippen LogP contribution in [0.5, 0.6) is 0 Å². The number of imidazole rings is 1. The van der Waals surface area contributed by atoms with E-state index in [0.717, 1.165) is 15.5 Å². The predicted octanol–water partition coefficient (Wildman–Crippen LogP) is 1.45. The lowest BCUT2D eigenvalue weighted by Crippen LogP contribution is -2.37. The highest BCUT2D eigenvalue weighted by molar-refractivity contribution is 5.79. The molecule has 3 aromatic heterocycles. The van der Waals surface area contributed by atoms with E-state index in [4.69, 9.17) is 4.42 Å². The first-order chi connectivity index (χ1) is 13.9. The number of furan rings is 1. The molecule has 1 N–H and O–H groups in total. The summed E-state index contributed by atoms with van der Waals surface area (Å²) in [6.45, 7) is 2.12. The van der Waals surface area contributed by atoms with E-state index in [-0.39, 0.29) is 24.9 Å². The van der Waals surface area contributed by atoms with Gasteiger partial charge in [0, 0.05) is 32.4 Å². The molecular weight excluding hydrogens is 374 g/mol. The Labute approximate surface area is 165 Å². The first-order valence-corrected chi connectivity index (χ1v) is 9.25. The van der Waals surface area contributed by atoms with Crippen molar-refractivity contribution in [2.75, 3.05) is 0 Å². The van der Waals surface area contributed by atoms with Crippen LogP contribution in [0.1, 0.15) is 25.1 Å². The number of rotatable bonds is 5. The zero-order valence-corrected chi connectivity index (χ0v) is 16.4. The molecule has 1 aromatic carbocycles. The number of nitrogens with zero attached hydrogens (tertiary/aromatic N) is 4. The van der Waals surface area contributed by atoms with Gasteiger partial charge in [0.1, 0.15) is 11.3 Å². The van der Waals surface area contributed by atoms with Crippen molar-refractivity contribution in [3.05, 3.63) is 63.3 Å². The minimum atomic E-state index is -0.440. The highest BCUT2D eigenvalue weighted by Crippen LogP contribution is 2.23. The summed E-state index contributed by atoms with van der Waals surface area (Å²) >= 11 is 0. The fraction of sp³-hybridized carbons (Fsp3) is 0.300. The van der Waals surface area contributed by atoms with Crippen LogP contribution in [0.3, 0.4) is 0 Å². The molecule has 0 saturated carbocycles. The summed E-state index contributed by atoms with van der Waals surface area (Å²) in [4.78, 5) is 41.0. The molecule has 0 aliphatic carbocycles. The van der Waals surface area contributed by atoms with Gasteiger partial charge in [-0.3, -0.25) is 18.7 Å². The molecule has 1 atom stereocenters. The normalized spacial score (nSPS) is 12.5. The van der Waals surface area contributed by atoms with Crippen molar-refractivity contribution in [3.8, 4) is 0 Å². The average molecular weight is 395 g/mol. The van der Waals surface area contributed by atoms with E-state index in [1.807, 2.05) is 37.3 Å². The number of hydrogen-bond acceptors (Lipinski definition) is 5. The Balaban J connectivity index is 1.48. The number of para-hydroxylation sites is 1. The molecule has 0 bridgehead atoms. The standard InChI is InChI=1S/C20H21N5O4/c1-12(15-10-13-6-4-5-7-14(13)29-15)22-16(26)8-9-25-11-21-18-17(25)19(27)24(3)20(28)23(18)2/h4-7,10-12H,8-9H2,1-3H3,(H,22,26)/t12-/m1/s1. The smallest absolute Gasteiger partial charge is 0.332 e. The van der Waals surface area contributed by atoms with Crippen molar-refractivity contribution in [2.45, 2.75) is 25.9 Å². The molecule has 0 aliphatic rings. The van der Waals surface area contributed by atoms with Crippen molar-refractivity contribution in [3.63, 3.8) is 0 Å². The molecular formula is C20H21N5O4. The first-order valence-electron chi connectivity index (χ1n) is 9.25. The van der Waals surface area contributed by atoms with Gasteiger partial charge in [-0.15, -0.1) is 0 Å². The molecule has 1 amide bonds. The van der Waals surface area contributed by atoms with Gasteiger partial charge in [-0.25, -0.2) is 9.78 Å². The minimum absolute atomic E-state index is 0.155. The second-order valence-electron chi connectivity index (χ2n) is 7.04. The van der Waals surface area contributed by atoms with E-state index >= 15 is 0 Å². The number of aryl methyl sites for hydroxylation is 2. The molecule has 9 heteroatoms. The van der Waals surface area contributed by atoms with Gasteiger partial charge in [-0.2, -0.15) is 0 Å². The number of hydrogen-bond donors (Lipinski definition) is 1. The second-order valence-corrected chi connectivity index (χ2v) is 7.04. The highest BCUT2D eigenvalue weighted by atomic mass is 16.3. The summed E-state index contributed by atoms with van der Waals surface area (Å²) in [6, 6.07) is 9.28. The number of benzene rings is 1. The molecule has 150 valence electrons. The van der Waals surface area contributed by atoms with Crippen LogP contribution in [-0.4, -0.2) is 24.6 Å². The Morgan fingerprint density at radius 2 is 1.97 bits per heavy atom. The van der Waals surface area contributed by atoms with E-state index in [0.29, 0.717) is 16.9 Å². The minimum Gasteiger partial charge on any atom is -0.459 e. The maximum absolute atomic E-state index is 12.5. The van der Waals surface area contributed by atoms with Crippen LogP contribution < -0.4 is 16.6 Å². The van der Waals surface area contributed by atoms with Gasteiger partial charge in [0.2, 0.25) is 5.91 Å². The van der Waals surface area contributed by atoms with Gasteiger partial charge < -0.3 is 14.3 Å². The summed E-state index contributed by atoms with van der Waals surface area (Å²) in [5.41, 5.74) is 0.499. The van der Waals surface area contributed by atoms with Crippen LogP contribution in [0.15, 0.2) is 50.7 Å². The molecule has 0 aliphatic heterocycles. The zero-order chi connectivity index (χ0) is 20.7. The van der Waals surface area contributed by atoms with Crippen molar-refractivity contribution in [1.29, 1.82) is 0 Å². The van der Waals surface area contributed by atoms with Gasteiger partial charge in [-0.1, -0.05) is 18.2 Å². The Morgan fingerprint density at radius 1 is 1.21 bits per heavy atom. The van der Waals surface area contributed by atoms with Crippen LogP contribution in [0.25, 0.3) is 22.1 Å². The van der Waals surface area contributed by atoms with Crippen LogP contribution in [0, 0.1) is 0 Å². The van der Waals surface area contributed by atoms with Crippen LogP contribution in [-0.2, 0) is 25.4 Å². The molecule has 0 saturated heterocycles. The highest BCUT2D eigenvalue weighted by Gasteiger charge is 2.17. The van der Waals surface area contributed by atoms with Crippen molar-refractivity contribution in [2.24, 2.45) is 14.1 Å². The lowest BCUT2D eigenvalue weighted by Gasteiger charge is -2.12. The Bertz CT molecular complexity index is 1310. The van der Waals surface area contributed by atoms with Crippen LogP contribution in [0.2, 0.25) is 0 Å². The molecule has 4 aromatic rings. The van der Waals surface area contributed by atoms with Crippen molar-refractivity contribution in [1.82, 2.24) is 24.0 Å². The van der Waals surface area contributed by atoms with Crippen molar-refractivity contribution >= 4 is 28.0 Å². The molecule has 4 rings (SSSR count). The number of aromatic nitrogens is 4. The van der Waals surface area contributed by atoms with Gasteiger partial charge >= 0.3 is 5.69 Å². The third-order valence-corrected chi connectivity index (χ3v) is 5.05. The van der Waals surface area contributed by atoms with E-state index in [1.165, 1.54) is 17.9 Å². The number of amides is 1. The predicted molar refractivity (Wildman–Crippen MR) is 108 cm³/mol. The fourth-order valence-corrected chi connectivity index (χ4v) is 3.39. The van der Waals surface area contributed by atoms with Gasteiger partial charge in [0.25, 0.3) is 5.56 Å². The molecule has 0 radical (unpaired) electrons. The third kappa shape index (κ3) is 3.24. The summed E-state index contributed by atoms with van der Waals surface area (Å²) in [5.74, 6) is 0.498. The summed E-state index contributed by atoms with van der Waals surface area (Å²) in [6.07, 6.45) is 1.63. The maximum Gasteiger partial charge on any atom is 0.332 e. The van der Waals surface area contributed by atoms with Crippen LogP contribution >= 0.6 is 0 Å². The first kappa shape index (κ1) is 18.7. The Morgan fingerprint density at radius 3 is 2.72 bits per heavy atom.